The molecule has 32 heavy (non-hydrogen) atoms. The topological polar surface area (TPSA) is 64.3 Å². The lowest BCUT2D eigenvalue weighted by Gasteiger charge is -2.62. The van der Waals surface area contributed by atoms with Crippen LogP contribution < -0.4 is 0 Å². The van der Waals surface area contributed by atoms with Crippen molar-refractivity contribution in [3.05, 3.63) is 17.4 Å². The maximum Gasteiger partial charge on any atom is 0.157 e. The second-order valence-corrected chi connectivity index (χ2v) is 12.5. The summed E-state index contributed by atoms with van der Waals surface area (Å²) in [4.78, 5) is 13.4. The number of rotatable bonds is 5. The van der Waals surface area contributed by atoms with Gasteiger partial charge in [-0.1, -0.05) is 18.5 Å². The first-order chi connectivity index (χ1) is 15.2. The summed E-state index contributed by atoms with van der Waals surface area (Å²) in [7, 11) is 1.85. The molecule has 0 bridgehead atoms. The number of nitrogens with zero attached hydrogens (tertiary/aromatic N) is 2. The van der Waals surface area contributed by atoms with Gasteiger partial charge in [0.05, 0.1) is 30.0 Å². The van der Waals surface area contributed by atoms with Crippen LogP contribution in [0.5, 0.6) is 0 Å². The van der Waals surface area contributed by atoms with Crippen molar-refractivity contribution in [1.29, 1.82) is 0 Å². The van der Waals surface area contributed by atoms with E-state index in [1.54, 1.807) is 17.1 Å². The van der Waals surface area contributed by atoms with Gasteiger partial charge in [-0.25, -0.2) is 0 Å². The van der Waals surface area contributed by atoms with Gasteiger partial charge in [-0.2, -0.15) is 5.10 Å². The zero-order valence-corrected chi connectivity index (χ0v) is 20.6. The van der Waals surface area contributed by atoms with Crippen LogP contribution in [-0.4, -0.2) is 40.0 Å². The Kier molecular flexibility index (Phi) is 5.78. The Bertz CT molecular complexity index is 869. The summed E-state index contributed by atoms with van der Waals surface area (Å²) in [6, 6.07) is 0. The number of Topliss-reactive ketones (excluding diaryl/α,β-unsaturated/α-hetero) is 1. The smallest absolute Gasteiger partial charge is 0.157 e. The summed E-state index contributed by atoms with van der Waals surface area (Å²) >= 11 is 6.01. The lowest BCUT2D eigenvalue weighted by Crippen LogP contribution is -2.58. The van der Waals surface area contributed by atoms with Gasteiger partial charge in [0, 0.05) is 19.2 Å². The Hall–Kier alpha value is -0.910. The van der Waals surface area contributed by atoms with Gasteiger partial charge in [0.15, 0.2) is 5.78 Å². The van der Waals surface area contributed by atoms with E-state index in [4.69, 9.17) is 16.3 Å². The highest BCUT2D eigenvalue weighted by atomic mass is 35.5. The van der Waals surface area contributed by atoms with Gasteiger partial charge < -0.3 is 9.84 Å². The fraction of sp³-hybridized carbons (Fsp3) is 0.846. The lowest BCUT2D eigenvalue weighted by atomic mass is 9.43. The summed E-state index contributed by atoms with van der Waals surface area (Å²) in [5.41, 5.74) is -0.232. The summed E-state index contributed by atoms with van der Waals surface area (Å²) < 4.78 is 7.56. The van der Waals surface area contributed by atoms with E-state index < -0.39 is 5.60 Å². The molecule has 8 atom stereocenters. The number of hydrogen-bond donors (Lipinski definition) is 1. The highest BCUT2D eigenvalue weighted by Gasteiger charge is 2.63. The van der Waals surface area contributed by atoms with Crippen molar-refractivity contribution in [2.24, 2.45) is 40.4 Å². The number of fused-ring (bicyclic) bond motifs is 5. The minimum Gasteiger partial charge on any atom is -0.390 e. The van der Waals surface area contributed by atoms with E-state index in [2.05, 4.69) is 12.0 Å². The number of carbonyl (C=O) groups excluding carboxylic acids is 1. The van der Waals surface area contributed by atoms with Gasteiger partial charge in [0.1, 0.15) is 0 Å². The standard InChI is InChI=1S/C26H39ClN2O3/c1-24(31)10-11-26(16-32-3)17(12-24)4-5-19-20-6-7-22(25(20,2)9-8-21(19)26)23(30)15-29-14-18(27)13-28-29/h13-14,17,19-22,31H,4-12,15-16H2,1-3H3/t17-,19+,20+,21+,22-,24-,25+,26-/m1/s1. The van der Waals surface area contributed by atoms with Crippen LogP contribution in [0.1, 0.15) is 71.6 Å². The molecule has 4 saturated carbocycles. The third kappa shape index (κ3) is 3.58. The number of ketones is 1. The normalized spacial score (nSPS) is 45.7. The van der Waals surface area contributed by atoms with E-state index in [1.165, 1.54) is 25.7 Å². The number of aliphatic hydroxyl groups is 1. The predicted molar refractivity (Wildman–Crippen MR) is 124 cm³/mol. The number of carbonyl (C=O) groups is 1. The average Bonchev–Trinajstić information content (AvgIpc) is 3.30. The fourth-order valence-electron chi connectivity index (χ4n) is 9.01. The SMILES string of the molecule is COC[C@]12CC[C@@](C)(O)C[C@H]1CC[C@H]1[C@@H]3CC[C@H](C(=O)Cn4cc(Cl)cn4)[C@@]3(C)CC[C@@H]12. The zero-order chi connectivity index (χ0) is 22.7. The van der Waals surface area contributed by atoms with Gasteiger partial charge in [-0.05, 0) is 99.2 Å². The molecule has 0 radical (unpaired) electrons. The van der Waals surface area contributed by atoms with Crippen molar-refractivity contribution >= 4 is 17.4 Å². The molecule has 0 amide bonds. The molecule has 0 aliphatic heterocycles. The Labute approximate surface area is 197 Å². The largest absolute Gasteiger partial charge is 0.390 e. The van der Waals surface area contributed by atoms with Gasteiger partial charge in [0.2, 0.25) is 0 Å². The molecule has 0 saturated heterocycles. The number of ether oxygens (including phenoxy) is 1. The lowest BCUT2D eigenvalue weighted by molar-refractivity contribution is -0.175. The van der Waals surface area contributed by atoms with Gasteiger partial charge >= 0.3 is 0 Å². The number of hydrogen-bond acceptors (Lipinski definition) is 4. The van der Waals surface area contributed by atoms with Crippen LogP contribution >= 0.6 is 11.6 Å². The summed E-state index contributed by atoms with van der Waals surface area (Å²) in [6.45, 7) is 5.58. The fourth-order valence-corrected chi connectivity index (χ4v) is 9.16. The molecule has 4 aliphatic carbocycles. The van der Waals surface area contributed by atoms with E-state index in [-0.39, 0.29) is 16.7 Å². The highest BCUT2D eigenvalue weighted by molar-refractivity contribution is 6.30. The molecular formula is C26H39ClN2O3. The van der Waals surface area contributed by atoms with Crippen molar-refractivity contribution in [1.82, 2.24) is 9.78 Å². The highest BCUT2D eigenvalue weighted by Crippen LogP contribution is 2.68. The van der Waals surface area contributed by atoms with E-state index in [9.17, 15) is 9.90 Å². The zero-order valence-electron chi connectivity index (χ0n) is 19.9. The second kappa shape index (κ2) is 8.09. The van der Waals surface area contributed by atoms with Gasteiger partial charge in [0.25, 0.3) is 0 Å². The average molecular weight is 463 g/mol. The predicted octanol–water partition coefficient (Wildman–Crippen LogP) is 5.14. The molecule has 4 aliphatic rings. The van der Waals surface area contributed by atoms with Crippen molar-refractivity contribution < 1.29 is 14.6 Å². The molecule has 0 unspecified atom stereocenters. The van der Waals surface area contributed by atoms with E-state index in [1.807, 2.05) is 14.0 Å². The first kappa shape index (κ1) is 22.9. The van der Waals surface area contributed by atoms with Crippen LogP contribution in [0.2, 0.25) is 5.02 Å². The molecule has 0 spiro atoms. The Morgan fingerprint density at radius 1 is 1.19 bits per heavy atom. The van der Waals surface area contributed by atoms with E-state index in [0.717, 1.165) is 38.7 Å². The van der Waals surface area contributed by atoms with E-state index >= 15 is 0 Å². The summed E-state index contributed by atoms with van der Waals surface area (Å²) in [5.74, 6) is 2.96. The van der Waals surface area contributed by atoms with Gasteiger partial charge in [-0.15, -0.1) is 0 Å². The number of halogens is 1. The van der Waals surface area contributed by atoms with Crippen molar-refractivity contribution in [3.8, 4) is 0 Å². The minimum absolute atomic E-state index is 0.0937. The molecule has 6 heteroatoms. The minimum atomic E-state index is -0.530. The maximum absolute atomic E-state index is 13.4. The molecule has 1 aromatic heterocycles. The third-order valence-corrected chi connectivity index (χ3v) is 10.6. The Morgan fingerprint density at radius 3 is 2.72 bits per heavy atom. The molecule has 1 N–H and O–H groups in total. The van der Waals surface area contributed by atoms with Crippen LogP contribution in [0.25, 0.3) is 0 Å². The molecular weight excluding hydrogens is 424 g/mol. The second-order valence-electron chi connectivity index (χ2n) is 12.0. The number of methoxy groups -OCH3 is 1. The van der Waals surface area contributed by atoms with Crippen molar-refractivity contribution in [2.45, 2.75) is 83.8 Å². The molecule has 5 nitrogen and oxygen atoms in total. The van der Waals surface area contributed by atoms with Crippen LogP contribution in [0.4, 0.5) is 0 Å². The summed E-state index contributed by atoms with van der Waals surface area (Å²) in [6.07, 6.45) is 13.2. The Balaban J connectivity index is 1.37. The quantitative estimate of drug-likeness (QED) is 0.657. The Morgan fingerprint density at radius 2 is 2.00 bits per heavy atom. The van der Waals surface area contributed by atoms with Crippen LogP contribution in [0, 0.1) is 40.4 Å². The molecule has 1 aromatic rings. The van der Waals surface area contributed by atoms with Gasteiger partial charge in [-0.3, -0.25) is 9.48 Å². The monoisotopic (exact) mass is 462 g/mol. The van der Waals surface area contributed by atoms with E-state index in [0.29, 0.717) is 41.0 Å². The summed E-state index contributed by atoms with van der Waals surface area (Å²) in [5, 5.41) is 15.6. The van der Waals surface area contributed by atoms with Crippen LogP contribution in [0.3, 0.4) is 0 Å². The van der Waals surface area contributed by atoms with Crippen molar-refractivity contribution in [3.63, 3.8) is 0 Å². The number of aromatic nitrogens is 2. The first-order valence-corrected chi connectivity index (χ1v) is 13.0. The van der Waals surface area contributed by atoms with Crippen LogP contribution in [-0.2, 0) is 16.1 Å². The molecule has 5 rings (SSSR count). The maximum atomic E-state index is 13.4. The first-order valence-electron chi connectivity index (χ1n) is 12.6. The van der Waals surface area contributed by atoms with Crippen LogP contribution in [0.15, 0.2) is 12.4 Å². The molecule has 0 aromatic carbocycles. The molecule has 4 fully saturated rings. The molecule has 1 heterocycles. The molecule has 178 valence electrons. The third-order valence-electron chi connectivity index (χ3n) is 10.4. The van der Waals surface area contributed by atoms with Crippen molar-refractivity contribution in [2.75, 3.05) is 13.7 Å².